The Morgan fingerprint density at radius 2 is 2.08 bits per heavy atom. The highest BCUT2D eigenvalue weighted by Crippen LogP contribution is 2.36. The Labute approximate surface area is 73.4 Å². The molecule has 1 aliphatic rings. The van der Waals surface area contributed by atoms with E-state index in [-0.39, 0.29) is 12.0 Å². The first-order valence-corrected chi connectivity index (χ1v) is 4.58. The molecule has 1 saturated carbocycles. The van der Waals surface area contributed by atoms with E-state index in [4.69, 9.17) is 14.9 Å². The summed E-state index contributed by atoms with van der Waals surface area (Å²) in [5.41, 5.74) is 0. The Kier molecular flexibility index (Phi) is 3.50. The molecule has 3 unspecified atom stereocenters. The molecular formula is C9H18O3. The van der Waals surface area contributed by atoms with Gasteiger partial charge in [0.2, 0.25) is 0 Å². The van der Waals surface area contributed by atoms with Crippen LogP contribution in [0.3, 0.4) is 0 Å². The smallest absolute Gasteiger partial charge is 0.154 e. The highest BCUT2D eigenvalue weighted by Gasteiger charge is 2.36. The van der Waals surface area contributed by atoms with Crippen molar-refractivity contribution in [2.75, 3.05) is 7.11 Å². The summed E-state index contributed by atoms with van der Waals surface area (Å²) in [7, 11) is 1.69. The molecule has 1 aliphatic carbocycles. The van der Waals surface area contributed by atoms with E-state index < -0.39 is 6.29 Å². The standard InChI is InChI=1S/C9H18O3/c1-3-6-4-7(9(10)11)5-8(6)12-2/h6-11H,3-5H2,1-2H3. The third-order valence-electron chi connectivity index (χ3n) is 2.92. The lowest BCUT2D eigenvalue weighted by Crippen LogP contribution is -2.17. The van der Waals surface area contributed by atoms with E-state index in [1.165, 1.54) is 0 Å². The first kappa shape index (κ1) is 9.96. The number of aliphatic hydroxyl groups is 2. The summed E-state index contributed by atoms with van der Waals surface area (Å²) < 4.78 is 5.27. The molecule has 1 rings (SSSR count). The third-order valence-corrected chi connectivity index (χ3v) is 2.92. The van der Waals surface area contributed by atoms with Gasteiger partial charge in [-0.05, 0) is 18.8 Å². The molecule has 3 atom stereocenters. The van der Waals surface area contributed by atoms with Gasteiger partial charge >= 0.3 is 0 Å². The van der Waals surface area contributed by atoms with Crippen LogP contribution in [0.2, 0.25) is 0 Å². The van der Waals surface area contributed by atoms with Crippen molar-refractivity contribution in [3.05, 3.63) is 0 Å². The number of aliphatic hydroxyl groups excluding tert-OH is 1. The molecule has 0 aromatic carbocycles. The first-order valence-electron chi connectivity index (χ1n) is 4.58. The minimum atomic E-state index is -1.17. The van der Waals surface area contributed by atoms with Crippen LogP contribution in [-0.4, -0.2) is 29.7 Å². The molecule has 72 valence electrons. The van der Waals surface area contributed by atoms with Gasteiger partial charge in [-0.25, -0.2) is 0 Å². The monoisotopic (exact) mass is 174 g/mol. The summed E-state index contributed by atoms with van der Waals surface area (Å²) in [5, 5.41) is 18.0. The van der Waals surface area contributed by atoms with Crippen LogP contribution in [0.25, 0.3) is 0 Å². The molecule has 3 nitrogen and oxygen atoms in total. The zero-order valence-electron chi connectivity index (χ0n) is 7.73. The van der Waals surface area contributed by atoms with Crippen molar-refractivity contribution in [2.45, 2.75) is 38.6 Å². The molecule has 1 fully saturated rings. The number of rotatable bonds is 3. The first-order chi connectivity index (χ1) is 5.69. The lowest BCUT2D eigenvalue weighted by molar-refractivity contribution is -0.0848. The second kappa shape index (κ2) is 4.21. The highest BCUT2D eigenvalue weighted by atomic mass is 16.5. The van der Waals surface area contributed by atoms with Gasteiger partial charge in [-0.3, -0.25) is 0 Å². The van der Waals surface area contributed by atoms with E-state index in [2.05, 4.69) is 6.92 Å². The molecule has 2 N–H and O–H groups in total. The van der Waals surface area contributed by atoms with Crippen molar-refractivity contribution in [2.24, 2.45) is 11.8 Å². The summed E-state index contributed by atoms with van der Waals surface area (Å²) >= 11 is 0. The van der Waals surface area contributed by atoms with Crippen molar-refractivity contribution in [1.82, 2.24) is 0 Å². The van der Waals surface area contributed by atoms with Gasteiger partial charge in [0.25, 0.3) is 0 Å². The summed E-state index contributed by atoms with van der Waals surface area (Å²) in [5.74, 6) is 0.515. The molecule has 0 amide bonds. The van der Waals surface area contributed by atoms with Gasteiger partial charge in [0, 0.05) is 13.0 Å². The van der Waals surface area contributed by atoms with Crippen LogP contribution in [-0.2, 0) is 4.74 Å². The molecule has 0 spiro atoms. The lowest BCUT2D eigenvalue weighted by Gasteiger charge is -2.14. The molecule has 0 aromatic heterocycles. The Morgan fingerprint density at radius 3 is 2.42 bits per heavy atom. The fourth-order valence-corrected chi connectivity index (χ4v) is 2.09. The molecule has 0 aliphatic heterocycles. The van der Waals surface area contributed by atoms with Crippen LogP contribution >= 0.6 is 0 Å². The minimum Gasteiger partial charge on any atom is -0.381 e. The fourth-order valence-electron chi connectivity index (χ4n) is 2.09. The number of methoxy groups -OCH3 is 1. The van der Waals surface area contributed by atoms with Crippen LogP contribution in [0.4, 0.5) is 0 Å². The largest absolute Gasteiger partial charge is 0.381 e. The summed E-state index contributed by atoms with van der Waals surface area (Å²) in [6.45, 7) is 2.11. The number of ether oxygens (including phenoxy) is 1. The van der Waals surface area contributed by atoms with Crippen molar-refractivity contribution in [1.29, 1.82) is 0 Å². The highest BCUT2D eigenvalue weighted by molar-refractivity contribution is 4.84. The zero-order chi connectivity index (χ0) is 9.14. The van der Waals surface area contributed by atoms with Crippen LogP contribution < -0.4 is 0 Å². The average molecular weight is 174 g/mol. The van der Waals surface area contributed by atoms with Gasteiger partial charge in [0.1, 0.15) is 0 Å². The molecule has 0 aromatic rings. The third kappa shape index (κ3) is 1.97. The zero-order valence-corrected chi connectivity index (χ0v) is 7.73. The van der Waals surface area contributed by atoms with E-state index in [9.17, 15) is 0 Å². The van der Waals surface area contributed by atoms with Crippen molar-refractivity contribution >= 4 is 0 Å². The quantitative estimate of drug-likeness (QED) is 0.621. The van der Waals surface area contributed by atoms with Gasteiger partial charge < -0.3 is 14.9 Å². The topological polar surface area (TPSA) is 49.7 Å². The Bertz CT molecular complexity index is 124. The van der Waals surface area contributed by atoms with Gasteiger partial charge in [0.05, 0.1) is 6.10 Å². The van der Waals surface area contributed by atoms with Crippen LogP contribution in [0.15, 0.2) is 0 Å². The molecule has 0 heterocycles. The summed E-state index contributed by atoms with van der Waals surface area (Å²) in [4.78, 5) is 0. The SMILES string of the molecule is CCC1CC(C(O)O)CC1OC. The maximum Gasteiger partial charge on any atom is 0.154 e. The van der Waals surface area contributed by atoms with E-state index in [0.717, 1.165) is 19.3 Å². The molecule has 12 heavy (non-hydrogen) atoms. The fraction of sp³-hybridized carbons (Fsp3) is 1.00. The normalized spacial score (nSPS) is 36.2. The minimum absolute atomic E-state index is 0.0138. The molecule has 3 heteroatoms. The second-order valence-corrected chi connectivity index (χ2v) is 3.59. The number of hydrogen-bond acceptors (Lipinski definition) is 3. The molecular weight excluding hydrogens is 156 g/mol. The van der Waals surface area contributed by atoms with E-state index >= 15 is 0 Å². The van der Waals surface area contributed by atoms with E-state index in [1.54, 1.807) is 7.11 Å². The average Bonchev–Trinajstić information content (AvgIpc) is 2.46. The summed E-state index contributed by atoms with van der Waals surface area (Å²) in [6, 6.07) is 0. The van der Waals surface area contributed by atoms with Crippen LogP contribution in [0.5, 0.6) is 0 Å². The van der Waals surface area contributed by atoms with E-state index in [0.29, 0.717) is 5.92 Å². The van der Waals surface area contributed by atoms with Gasteiger partial charge in [0.15, 0.2) is 6.29 Å². The van der Waals surface area contributed by atoms with E-state index in [1.807, 2.05) is 0 Å². The maximum atomic E-state index is 8.98. The molecule has 0 saturated heterocycles. The number of hydrogen-bond donors (Lipinski definition) is 2. The Morgan fingerprint density at radius 1 is 1.42 bits per heavy atom. The predicted octanol–water partition coefficient (Wildman–Crippen LogP) is 0.748. The Hall–Kier alpha value is -0.120. The van der Waals surface area contributed by atoms with Gasteiger partial charge in [-0.2, -0.15) is 0 Å². The summed E-state index contributed by atoms with van der Waals surface area (Å²) in [6.07, 6.45) is 1.78. The molecule has 0 radical (unpaired) electrons. The maximum absolute atomic E-state index is 8.98. The van der Waals surface area contributed by atoms with Crippen molar-refractivity contribution in [3.8, 4) is 0 Å². The van der Waals surface area contributed by atoms with Crippen molar-refractivity contribution in [3.63, 3.8) is 0 Å². The van der Waals surface area contributed by atoms with Gasteiger partial charge in [-0.15, -0.1) is 0 Å². The van der Waals surface area contributed by atoms with Crippen molar-refractivity contribution < 1.29 is 14.9 Å². The lowest BCUT2D eigenvalue weighted by atomic mass is 10.0. The van der Waals surface area contributed by atoms with Crippen LogP contribution in [0.1, 0.15) is 26.2 Å². The predicted molar refractivity (Wildman–Crippen MR) is 45.5 cm³/mol. The molecule has 0 bridgehead atoms. The second-order valence-electron chi connectivity index (χ2n) is 3.59. The van der Waals surface area contributed by atoms with Crippen LogP contribution in [0, 0.1) is 11.8 Å². The Balaban J connectivity index is 2.47. The van der Waals surface area contributed by atoms with Gasteiger partial charge in [-0.1, -0.05) is 13.3 Å².